The van der Waals surface area contributed by atoms with Crippen LogP contribution in [-0.2, 0) is 6.54 Å². The molecule has 0 aliphatic carbocycles. The summed E-state index contributed by atoms with van der Waals surface area (Å²) >= 11 is 6.12. The average Bonchev–Trinajstić information content (AvgIpc) is 3.14. The molecule has 0 heterocycles. The van der Waals surface area contributed by atoms with Crippen molar-refractivity contribution in [3.05, 3.63) is 202 Å². The molecule has 6 aromatic carbocycles. The van der Waals surface area contributed by atoms with Crippen molar-refractivity contribution >= 4 is 29.1 Å². The predicted octanol–water partition coefficient (Wildman–Crippen LogP) is 9.16. The Hall–Kier alpha value is -5.82. The smallest absolute Gasteiger partial charge is 0.154 e. The molecule has 6 aromatic rings. The molecule has 0 unspecified atom stereocenters. The molecule has 0 saturated heterocycles. The maximum atomic E-state index is 8.07. The van der Waals surface area contributed by atoms with Gasteiger partial charge in [0.1, 0.15) is 11.7 Å². The second-order valence-corrected chi connectivity index (χ2v) is 11.3. The lowest BCUT2D eigenvalue weighted by molar-refractivity contribution is 1.07. The lowest BCUT2D eigenvalue weighted by Gasteiger charge is -2.10. The number of nitrogens with zero attached hydrogens (tertiary/aromatic N) is 1. The van der Waals surface area contributed by atoms with E-state index < -0.39 is 0 Å². The SMILES string of the molecule is Cc1ccccc1.Cc1ccccc1.N=C(N)c1ccccc1.N=C(N=C(N)c1ccc(-c2cc(Cl)ccc2CN)cc1)c1ccccc1. The molecule has 0 spiro atoms. The molecular weight excluding hydrogens is 624 g/mol. The highest BCUT2D eigenvalue weighted by Crippen LogP contribution is 2.27. The molecule has 7 heteroatoms. The lowest BCUT2D eigenvalue weighted by Crippen LogP contribution is -2.15. The van der Waals surface area contributed by atoms with Gasteiger partial charge in [-0.2, -0.15) is 0 Å². The van der Waals surface area contributed by atoms with Crippen molar-refractivity contribution in [2.45, 2.75) is 20.4 Å². The van der Waals surface area contributed by atoms with Gasteiger partial charge in [0.2, 0.25) is 0 Å². The first kappa shape index (κ1) is 37.6. The molecule has 0 bridgehead atoms. The molecule has 0 aromatic heterocycles. The van der Waals surface area contributed by atoms with Gasteiger partial charge in [-0.1, -0.05) is 174 Å². The van der Waals surface area contributed by atoms with Gasteiger partial charge in [0.25, 0.3) is 0 Å². The molecule has 0 atom stereocenters. The highest BCUT2D eigenvalue weighted by molar-refractivity contribution is 6.30. The Kier molecular flexibility index (Phi) is 15.7. The molecule has 0 amide bonds. The first-order valence-corrected chi connectivity index (χ1v) is 16.1. The number of halogens is 1. The van der Waals surface area contributed by atoms with E-state index in [0.717, 1.165) is 33.4 Å². The summed E-state index contributed by atoms with van der Waals surface area (Å²) < 4.78 is 0. The van der Waals surface area contributed by atoms with Gasteiger partial charge in [0.15, 0.2) is 5.84 Å². The summed E-state index contributed by atoms with van der Waals surface area (Å²) in [5.74, 6) is 0.554. The van der Waals surface area contributed by atoms with Crippen LogP contribution in [0.3, 0.4) is 0 Å². The number of hydrogen-bond donors (Lipinski definition) is 5. The lowest BCUT2D eigenvalue weighted by atomic mass is 9.98. The van der Waals surface area contributed by atoms with Crippen LogP contribution in [0.4, 0.5) is 0 Å². The standard InChI is InChI=1S/C21H19ClN4.C7H8N2.2C7H8/c22-18-11-10-17(13-23)19(12-18)14-6-8-16(9-7-14)21(25)26-20(24)15-4-2-1-3-5-15;8-7(9)6-4-2-1-3-5-6;2*1-7-5-3-2-4-6-7/h1-12H,13,23H2,(H3,24,25,26);1-5H,(H3,8,9);2*2-6H,1H3. The van der Waals surface area contributed by atoms with E-state index in [1.54, 1.807) is 0 Å². The summed E-state index contributed by atoms with van der Waals surface area (Å²) in [5.41, 5.74) is 25.0. The number of amidine groups is 3. The first-order valence-electron chi connectivity index (χ1n) is 15.7. The van der Waals surface area contributed by atoms with Gasteiger partial charge in [-0.15, -0.1) is 0 Å². The van der Waals surface area contributed by atoms with E-state index in [1.165, 1.54) is 11.1 Å². The van der Waals surface area contributed by atoms with E-state index in [2.05, 4.69) is 43.1 Å². The summed E-state index contributed by atoms with van der Waals surface area (Å²) in [6.45, 7) is 4.60. The van der Waals surface area contributed by atoms with Crippen molar-refractivity contribution < 1.29 is 0 Å². The average molecular weight is 667 g/mol. The maximum absolute atomic E-state index is 8.07. The Morgan fingerprint density at radius 3 is 1.41 bits per heavy atom. The second-order valence-electron chi connectivity index (χ2n) is 10.9. The largest absolute Gasteiger partial charge is 0.384 e. The number of hydrogen-bond acceptors (Lipinski definition) is 3. The van der Waals surface area contributed by atoms with Gasteiger partial charge in [-0.05, 0) is 42.7 Å². The molecule has 0 saturated carbocycles. The molecule has 6 rings (SSSR count). The molecule has 0 radical (unpaired) electrons. The van der Waals surface area contributed by atoms with Crippen LogP contribution in [0.15, 0.2) is 169 Å². The van der Waals surface area contributed by atoms with E-state index in [0.29, 0.717) is 17.4 Å². The van der Waals surface area contributed by atoms with Gasteiger partial charge >= 0.3 is 0 Å². The van der Waals surface area contributed by atoms with Crippen molar-refractivity contribution in [2.24, 2.45) is 22.2 Å². The Bertz CT molecular complexity index is 1860. The Balaban J connectivity index is 0.000000226. The summed E-state index contributed by atoms with van der Waals surface area (Å²) in [7, 11) is 0. The Morgan fingerprint density at radius 1 is 0.571 bits per heavy atom. The molecular formula is C42H43ClN6. The topological polar surface area (TPSA) is 138 Å². The molecule has 0 aliphatic heterocycles. The van der Waals surface area contributed by atoms with Gasteiger partial charge in [0, 0.05) is 28.3 Å². The van der Waals surface area contributed by atoms with E-state index in [4.69, 9.17) is 39.6 Å². The zero-order valence-electron chi connectivity index (χ0n) is 27.9. The van der Waals surface area contributed by atoms with Crippen LogP contribution in [0, 0.1) is 24.7 Å². The molecule has 8 N–H and O–H groups in total. The minimum Gasteiger partial charge on any atom is -0.384 e. The van der Waals surface area contributed by atoms with E-state index in [1.807, 2.05) is 140 Å². The van der Waals surface area contributed by atoms with Crippen LogP contribution in [0.25, 0.3) is 11.1 Å². The van der Waals surface area contributed by atoms with Gasteiger partial charge in [-0.25, -0.2) is 4.99 Å². The van der Waals surface area contributed by atoms with Crippen LogP contribution >= 0.6 is 11.6 Å². The number of nitrogens with two attached hydrogens (primary N) is 3. The Labute approximate surface area is 295 Å². The molecule has 6 nitrogen and oxygen atoms in total. The van der Waals surface area contributed by atoms with E-state index in [-0.39, 0.29) is 11.7 Å². The van der Waals surface area contributed by atoms with Crippen molar-refractivity contribution in [3.8, 4) is 11.1 Å². The normalized spacial score (nSPS) is 10.2. The number of rotatable bonds is 5. The fraction of sp³-hybridized carbons (Fsp3) is 0.0714. The maximum Gasteiger partial charge on any atom is 0.154 e. The zero-order valence-corrected chi connectivity index (χ0v) is 28.6. The van der Waals surface area contributed by atoms with Crippen molar-refractivity contribution in [1.82, 2.24) is 0 Å². The van der Waals surface area contributed by atoms with Gasteiger partial charge < -0.3 is 17.2 Å². The van der Waals surface area contributed by atoms with E-state index >= 15 is 0 Å². The van der Waals surface area contributed by atoms with Gasteiger partial charge in [0.05, 0.1) is 0 Å². The quantitative estimate of drug-likeness (QED) is 0.0926. The van der Waals surface area contributed by atoms with Crippen LogP contribution in [-0.4, -0.2) is 17.5 Å². The fourth-order valence-corrected chi connectivity index (χ4v) is 4.52. The van der Waals surface area contributed by atoms with Gasteiger partial charge in [-0.3, -0.25) is 10.8 Å². The highest BCUT2D eigenvalue weighted by Gasteiger charge is 2.07. The number of nitrogen functional groups attached to an aromatic ring is 1. The van der Waals surface area contributed by atoms with Crippen LogP contribution in [0.2, 0.25) is 5.02 Å². The van der Waals surface area contributed by atoms with Crippen LogP contribution in [0.5, 0.6) is 0 Å². The first-order chi connectivity index (χ1) is 23.7. The monoisotopic (exact) mass is 666 g/mol. The molecule has 49 heavy (non-hydrogen) atoms. The summed E-state index contributed by atoms with van der Waals surface area (Å²) in [5, 5.41) is 15.7. The summed E-state index contributed by atoms with van der Waals surface area (Å²) in [6.07, 6.45) is 0. The number of nitrogens with one attached hydrogen (secondary N) is 2. The third-order valence-corrected chi connectivity index (χ3v) is 7.26. The third-order valence-electron chi connectivity index (χ3n) is 7.03. The van der Waals surface area contributed by atoms with Crippen molar-refractivity contribution in [1.29, 1.82) is 10.8 Å². The minimum absolute atomic E-state index is 0.121. The van der Waals surface area contributed by atoms with E-state index in [9.17, 15) is 0 Å². The molecule has 0 aliphatic rings. The van der Waals surface area contributed by atoms with Crippen molar-refractivity contribution in [3.63, 3.8) is 0 Å². The van der Waals surface area contributed by atoms with Crippen molar-refractivity contribution in [2.75, 3.05) is 0 Å². The zero-order chi connectivity index (χ0) is 35.4. The number of aryl methyl sites for hydroxylation is 2. The Morgan fingerprint density at radius 2 is 1.02 bits per heavy atom. The second kappa shape index (κ2) is 20.4. The van der Waals surface area contributed by atoms with Crippen LogP contribution < -0.4 is 17.2 Å². The fourth-order valence-electron chi connectivity index (χ4n) is 4.35. The van der Waals surface area contributed by atoms with Crippen LogP contribution in [0.1, 0.15) is 33.4 Å². The molecule has 0 fully saturated rings. The predicted molar refractivity (Wildman–Crippen MR) is 209 cm³/mol. The summed E-state index contributed by atoms with van der Waals surface area (Å²) in [6, 6.07) is 52.4. The third kappa shape index (κ3) is 13.4. The minimum atomic E-state index is 0.121. The summed E-state index contributed by atoms with van der Waals surface area (Å²) in [4.78, 5) is 4.20. The number of aliphatic imine (C=N–C) groups is 1. The highest BCUT2D eigenvalue weighted by atomic mass is 35.5. The number of benzene rings is 6. The molecule has 248 valence electrons.